The summed E-state index contributed by atoms with van der Waals surface area (Å²) in [6.07, 6.45) is 6.54. The molecular formula is C70H78N4O6. The smallest absolute Gasteiger partial charge is 0.311 e. The van der Waals surface area contributed by atoms with E-state index in [-0.39, 0.29) is 24.1 Å². The highest BCUT2D eigenvalue weighted by atomic mass is 16.6. The van der Waals surface area contributed by atoms with Gasteiger partial charge in [0.2, 0.25) is 0 Å². The molecule has 10 rings (SSSR count). The van der Waals surface area contributed by atoms with Gasteiger partial charge < -0.3 is 25.4 Å². The van der Waals surface area contributed by atoms with Gasteiger partial charge >= 0.3 is 5.69 Å². The normalized spacial score (nSPS) is 13.8. The zero-order valence-electron chi connectivity index (χ0n) is 47.0. The van der Waals surface area contributed by atoms with Gasteiger partial charge in [-0.1, -0.05) is 185 Å². The van der Waals surface area contributed by atoms with Gasteiger partial charge in [-0.25, -0.2) is 0 Å². The van der Waals surface area contributed by atoms with Gasteiger partial charge in [0.15, 0.2) is 5.75 Å². The second-order valence-electron chi connectivity index (χ2n) is 21.5. The number of benzene rings is 8. The fourth-order valence-corrected chi connectivity index (χ4v) is 11.7. The number of anilines is 1. The summed E-state index contributed by atoms with van der Waals surface area (Å²) in [4.78, 5) is 16.3. The number of aliphatic hydroxyl groups is 2. The number of rotatable bonds is 23. The first-order valence-electron chi connectivity index (χ1n) is 28.7. The lowest BCUT2D eigenvalue weighted by molar-refractivity contribution is -0.386. The van der Waals surface area contributed by atoms with E-state index in [1.807, 2.05) is 97.1 Å². The van der Waals surface area contributed by atoms with Crippen molar-refractivity contribution < 1.29 is 24.6 Å². The molecule has 10 nitrogen and oxygen atoms in total. The fourth-order valence-electron chi connectivity index (χ4n) is 11.7. The van der Waals surface area contributed by atoms with Gasteiger partial charge in [-0.2, -0.15) is 0 Å². The lowest BCUT2D eigenvalue weighted by atomic mass is 9.97. The van der Waals surface area contributed by atoms with Crippen molar-refractivity contribution in [3.8, 4) is 11.5 Å². The van der Waals surface area contributed by atoms with E-state index >= 15 is 0 Å². The molecule has 2 aliphatic rings. The summed E-state index contributed by atoms with van der Waals surface area (Å²) < 4.78 is 11.8. The van der Waals surface area contributed by atoms with E-state index < -0.39 is 17.1 Å². The molecule has 414 valence electrons. The zero-order chi connectivity index (χ0) is 56.0. The number of hydrogen-bond donors (Lipinski definition) is 3. The standard InChI is InChI=1S/C35H38N2O4.C35H40N2O2/c1-3-27-17-30-19-32(20-31(30)18-28(27)4-2)36(22-25-11-7-5-8-12-25)23-34(38)29-15-16-35(33(21-29)37(39)40)41-24-26-13-9-6-10-14-26;1-3-27-17-30-19-32(20-31(30)18-28(27)4-2)37(22-25-11-7-5-8-12-25)23-34(38)29-15-16-35(33(36)21-29)39-24-26-13-9-6-10-14-26/h5-18,21,32,34,38H,3-4,19-20,22-24H2,1-2H3;5-18,21,32,34,38H,3-4,19-20,22-24,36H2,1-2H3/t2*34-/m00/s1. The summed E-state index contributed by atoms with van der Waals surface area (Å²) in [7, 11) is 0. The molecule has 0 unspecified atom stereocenters. The Morgan fingerprint density at radius 1 is 0.487 bits per heavy atom. The van der Waals surface area contributed by atoms with Crippen LogP contribution in [0.5, 0.6) is 11.5 Å². The van der Waals surface area contributed by atoms with Crippen molar-refractivity contribution in [1.29, 1.82) is 0 Å². The number of nitro groups is 1. The minimum absolute atomic E-state index is 0.139. The van der Waals surface area contributed by atoms with Crippen LogP contribution in [-0.2, 0) is 77.7 Å². The largest absolute Gasteiger partial charge is 0.487 e. The van der Waals surface area contributed by atoms with Crippen molar-refractivity contribution in [2.24, 2.45) is 0 Å². The molecule has 0 bridgehead atoms. The van der Waals surface area contributed by atoms with Gasteiger partial charge in [-0.3, -0.25) is 19.9 Å². The maximum absolute atomic E-state index is 11.9. The topological polar surface area (TPSA) is 135 Å². The molecular weight excluding hydrogens is 993 g/mol. The minimum Gasteiger partial charge on any atom is -0.487 e. The average Bonchev–Trinajstić information content (AvgIpc) is 4.12. The van der Waals surface area contributed by atoms with E-state index in [0.29, 0.717) is 49.3 Å². The minimum atomic E-state index is -0.887. The van der Waals surface area contributed by atoms with E-state index in [1.165, 1.54) is 61.7 Å². The molecule has 0 saturated heterocycles. The zero-order valence-corrected chi connectivity index (χ0v) is 47.0. The Morgan fingerprint density at radius 2 is 0.825 bits per heavy atom. The number of nitrogen functional groups attached to an aromatic ring is 1. The molecule has 0 amide bonds. The SMILES string of the molecule is CCc1cc2c(cc1CC)CC(N(Cc1ccccc1)C[C@H](O)c1ccc(OCc3ccccc3)c(N)c1)C2.CCc1cc2c(cc1CC)CC(N(Cc1ccccc1)C[C@H](O)c1ccc(OCc3ccccc3)c([N+](=O)[O-])c1)C2. The van der Waals surface area contributed by atoms with Gasteiger partial charge in [0.25, 0.3) is 0 Å². The Balaban J connectivity index is 0.000000194. The summed E-state index contributed by atoms with van der Waals surface area (Å²) in [6, 6.07) is 61.1. The second kappa shape index (κ2) is 27.5. The monoisotopic (exact) mass is 1070 g/mol. The molecule has 0 fully saturated rings. The van der Waals surface area contributed by atoms with Crippen LogP contribution in [-0.4, -0.2) is 50.1 Å². The van der Waals surface area contributed by atoms with E-state index in [4.69, 9.17) is 15.2 Å². The molecule has 80 heavy (non-hydrogen) atoms. The van der Waals surface area contributed by atoms with Gasteiger partial charge in [0.1, 0.15) is 19.0 Å². The highest BCUT2D eigenvalue weighted by molar-refractivity contribution is 5.55. The highest BCUT2D eigenvalue weighted by Crippen LogP contribution is 2.36. The Labute approximate surface area is 473 Å². The van der Waals surface area contributed by atoms with Crippen molar-refractivity contribution in [2.45, 2.75) is 130 Å². The quantitative estimate of drug-likeness (QED) is 0.0325. The van der Waals surface area contributed by atoms with Crippen molar-refractivity contribution in [3.63, 3.8) is 0 Å². The Bertz CT molecular complexity index is 3220. The fraction of sp³-hybridized carbons (Fsp3) is 0.314. The molecule has 0 aliphatic heterocycles. The van der Waals surface area contributed by atoms with Crippen LogP contribution in [0.4, 0.5) is 11.4 Å². The lowest BCUT2D eigenvalue weighted by Gasteiger charge is -2.31. The molecule has 2 aliphatic carbocycles. The van der Waals surface area contributed by atoms with Crippen LogP contribution in [0.2, 0.25) is 0 Å². The number of nitro benzene ring substituents is 1. The molecule has 0 radical (unpaired) electrons. The van der Waals surface area contributed by atoms with E-state index in [9.17, 15) is 20.3 Å². The predicted molar refractivity (Wildman–Crippen MR) is 322 cm³/mol. The molecule has 0 aromatic heterocycles. The molecule has 2 atom stereocenters. The predicted octanol–water partition coefficient (Wildman–Crippen LogP) is 13.7. The number of aliphatic hydroxyl groups excluding tert-OH is 2. The first kappa shape index (κ1) is 57.1. The van der Waals surface area contributed by atoms with Crippen LogP contribution in [0.15, 0.2) is 182 Å². The third kappa shape index (κ3) is 14.6. The summed E-state index contributed by atoms with van der Waals surface area (Å²) in [6.45, 7) is 12.0. The van der Waals surface area contributed by atoms with Crippen LogP contribution in [0, 0.1) is 10.1 Å². The summed E-state index contributed by atoms with van der Waals surface area (Å²) in [5.41, 5.74) is 24.0. The Kier molecular flexibility index (Phi) is 19.6. The number of nitrogens with zero attached hydrogens (tertiary/aromatic N) is 3. The number of nitrogens with two attached hydrogens (primary N) is 1. The molecule has 0 spiro atoms. The number of fused-ring (bicyclic) bond motifs is 2. The third-order valence-electron chi connectivity index (χ3n) is 16.2. The Morgan fingerprint density at radius 3 is 1.18 bits per heavy atom. The molecule has 4 N–H and O–H groups in total. The van der Waals surface area contributed by atoms with Crippen molar-refractivity contribution in [1.82, 2.24) is 9.80 Å². The molecule has 10 heteroatoms. The highest BCUT2D eigenvalue weighted by Gasteiger charge is 2.32. The first-order valence-corrected chi connectivity index (χ1v) is 28.7. The number of hydrogen-bond acceptors (Lipinski definition) is 9. The maximum atomic E-state index is 11.9. The van der Waals surface area contributed by atoms with Crippen LogP contribution in [0.3, 0.4) is 0 Å². The summed E-state index contributed by atoms with van der Waals surface area (Å²) >= 11 is 0. The van der Waals surface area contributed by atoms with Gasteiger partial charge in [0, 0.05) is 44.3 Å². The Hall–Kier alpha value is -7.60. The summed E-state index contributed by atoms with van der Waals surface area (Å²) in [5.74, 6) is 0.835. The molecule has 0 saturated carbocycles. The van der Waals surface area contributed by atoms with E-state index in [2.05, 4.69) is 104 Å². The second-order valence-corrected chi connectivity index (χ2v) is 21.5. The maximum Gasteiger partial charge on any atom is 0.311 e. The van der Waals surface area contributed by atoms with Gasteiger partial charge in [0.05, 0.1) is 22.8 Å². The average molecular weight is 1070 g/mol. The van der Waals surface area contributed by atoms with Crippen molar-refractivity contribution in [3.05, 3.63) is 270 Å². The van der Waals surface area contributed by atoms with Crippen LogP contribution < -0.4 is 15.2 Å². The summed E-state index contributed by atoms with van der Waals surface area (Å²) in [5, 5.41) is 34.8. The van der Waals surface area contributed by atoms with Crippen LogP contribution >= 0.6 is 0 Å². The lowest BCUT2D eigenvalue weighted by Crippen LogP contribution is -2.38. The molecule has 0 heterocycles. The van der Waals surface area contributed by atoms with Gasteiger partial charge in [-0.15, -0.1) is 0 Å². The van der Waals surface area contributed by atoms with Gasteiger partial charge in [-0.05, 0) is 147 Å². The third-order valence-corrected chi connectivity index (χ3v) is 16.2. The number of aryl methyl sites for hydroxylation is 4. The first-order chi connectivity index (χ1) is 39.0. The van der Waals surface area contributed by atoms with Crippen LogP contribution in [0.25, 0.3) is 0 Å². The molecule has 8 aromatic rings. The van der Waals surface area contributed by atoms with E-state index in [1.54, 1.807) is 12.1 Å². The van der Waals surface area contributed by atoms with Crippen molar-refractivity contribution >= 4 is 11.4 Å². The van der Waals surface area contributed by atoms with E-state index in [0.717, 1.165) is 74.6 Å². The van der Waals surface area contributed by atoms with Crippen LogP contribution in [0.1, 0.15) is 118 Å². The molecule has 8 aromatic carbocycles. The van der Waals surface area contributed by atoms with Crippen molar-refractivity contribution in [2.75, 3.05) is 18.8 Å². The number of ether oxygens (including phenoxy) is 2.